The number of anilines is 1. The molecule has 0 aromatic carbocycles. The molecule has 0 radical (unpaired) electrons. The van der Waals surface area contributed by atoms with Crippen molar-refractivity contribution < 1.29 is 0 Å². The van der Waals surface area contributed by atoms with Gasteiger partial charge in [-0.2, -0.15) is 0 Å². The van der Waals surface area contributed by atoms with Gasteiger partial charge in [0.05, 0.1) is 0 Å². The van der Waals surface area contributed by atoms with E-state index in [1.807, 2.05) is 6.20 Å². The van der Waals surface area contributed by atoms with Crippen LogP contribution in [0.4, 0.5) is 5.82 Å². The van der Waals surface area contributed by atoms with E-state index in [-0.39, 0.29) is 0 Å². The summed E-state index contributed by atoms with van der Waals surface area (Å²) in [5.41, 5.74) is 1.22. The molecule has 1 aromatic heterocycles. The number of hydrogen-bond acceptors (Lipinski definition) is 2. The van der Waals surface area contributed by atoms with Crippen LogP contribution < -0.4 is 5.32 Å². The Labute approximate surface area is 101 Å². The second kappa shape index (κ2) is 6.11. The Balaban J connectivity index is 2.66. The molecular weight excluding hydrogens is 252 g/mol. The Bertz CT molecular complexity index is 312. The van der Waals surface area contributed by atoms with Crippen LogP contribution in [-0.4, -0.2) is 11.0 Å². The van der Waals surface area contributed by atoms with Gasteiger partial charge in [0.15, 0.2) is 0 Å². The quantitative estimate of drug-likeness (QED) is 0.870. The first-order valence-electron chi connectivity index (χ1n) is 5.56. The summed E-state index contributed by atoms with van der Waals surface area (Å²) in [5.74, 6) is 0.982. The van der Waals surface area contributed by atoms with Gasteiger partial charge in [0, 0.05) is 16.7 Å². The van der Waals surface area contributed by atoms with E-state index >= 15 is 0 Å². The third kappa shape index (κ3) is 3.82. The normalized spacial score (nSPS) is 12.5. The molecule has 1 rings (SSSR count). The summed E-state index contributed by atoms with van der Waals surface area (Å²) < 4.78 is 1.07. The van der Waals surface area contributed by atoms with Gasteiger partial charge in [-0.15, -0.1) is 0 Å². The van der Waals surface area contributed by atoms with E-state index in [9.17, 15) is 0 Å². The molecule has 0 aliphatic rings. The highest BCUT2D eigenvalue weighted by Gasteiger charge is 2.06. The molecule has 2 nitrogen and oxygen atoms in total. The van der Waals surface area contributed by atoms with Crippen LogP contribution in [0.15, 0.2) is 16.7 Å². The molecule has 0 bridgehead atoms. The van der Waals surface area contributed by atoms with Crippen molar-refractivity contribution in [3.8, 4) is 0 Å². The highest BCUT2D eigenvalue weighted by molar-refractivity contribution is 9.10. The molecule has 1 heterocycles. The maximum absolute atomic E-state index is 4.35. The van der Waals surface area contributed by atoms with Crippen LogP contribution in [0.3, 0.4) is 0 Å². The van der Waals surface area contributed by atoms with E-state index in [2.05, 4.69) is 53.1 Å². The molecule has 0 fully saturated rings. The molecule has 0 saturated carbocycles. The average Bonchev–Trinajstić information content (AvgIpc) is 2.23. The molecule has 15 heavy (non-hydrogen) atoms. The Hall–Kier alpha value is -0.570. The molecule has 1 N–H and O–H groups in total. The van der Waals surface area contributed by atoms with Crippen LogP contribution in [0.2, 0.25) is 0 Å². The number of halogens is 1. The largest absolute Gasteiger partial charge is 0.367 e. The first-order valence-corrected chi connectivity index (χ1v) is 6.35. The van der Waals surface area contributed by atoms with Gasteiger partial charge in [-0.1, -0.05) is 20.3 Å². The number of pyridine rings is 1. The molecule has 0 saturated heterocycles. The summed E-state index contributed by atoms with van der Waals surface area (Å²) in [4.78, 5) is 4.35. The summed E-state index contributed by atoms with van der Waals surface area (Å²) in [6.45, 7) is 6.50. The number of nitrogens with one attached hydrogen (secondary N) is 1. The number of rotatable bonds is 5. The van der Waals surface area contributed by atoms with Crippen molar-refractivity contribution in [1.29, 1.82) is 0 Å². The molecule has 1 unspecified atom stereocenters. The van der Waals surface area contributed by atoms with Crippen molar-refractivity contribution in [1.82, 2.24) is 4.98 Å². The predicted octanol–water partition coefficient (Wildman–Crippen LogP) is 4.14. The van der Waals surface area contributed by atoms with Gasteiger partial charge in [0.25, 0.3) is 0 Å². The number of aromatic nitrogens is 1. The topological polar surface area (TPSA) is 24.9 Å². The summed E-state index contributed by atoms with van der Waals surface area (Å²) >= 11 is 3.45. The molecule has 0 aliphatic carbocycles. The Morgan fingerprint density at radius 2 is 2.20 bits per heavy atom. The van der Waals surface area contributed by atoms with Crippen LogP contribution in [0.5, 0.6) is 0 Å². The molecule has 1 atom stereocenters. The van der Waals surface area contributed by atoms with E-state index in [0.29, 0.717) is 6.04 Å². The van der Waals surface area contributed by atoms with Crippen molar-refractivity contribution in [2.45, 2.75) is 46.1 Å². The SMILES string of the molecule is CCCC(CC)Nc1cc(C)c(Br)cn1. The zero-order valence-corrected chi connectivity index (χ0v) is 11.3. The van der Waals surface area contributed by atoms with E-state index < -0.39 is 0 Å². The molecule has 0 aliphatic heterocycles. The van der Waals surface area contributed by atoms with Gasteiger partial charge in [0.1, 0.15) is 5.82 Å². The highest BCUT2D eigenvalue weighted by Crippen LogP contribution is 2.18. The van der Waals surface area contributed by atoms with Crippen LogP contribution in [0, 0.1) is 6.92 Å². The Morgan fingerprint density at radius 3 is 2.73 bits per heavy atom. The zero-order chi connectivity index (χ0) is 11.3. The van der Waals surface area contributed by atoms with E-state index in [0.717, 1.165) is 16.7 Å². The molecule has 84 valence electrons. The fraction of sp³-hybridized carbons (Fsp3) is 0.583. The van der Waals surface area contributed by atoms with Crippen LogP contribution in [0.1, 0.15) is 38.7 Å². The Kier molecular flexibility index (Phi) is 5.09. The Morgan fingerprint density at radius 1 is 1.47 bits per heavy atom. The fourth-order valence-electron chi connectivity index (χ4n) is 1.55. The molecule has 1 aromatic rings. The summed E-state index contributed by atoms with van der Waals surface area (Å²) in [7, 11) is 0. The minimum atomic E-state index is 0.545. The van der Waals surface area contributed by atoms with Crippen LogP contribution in [0.25, 0.3) is 0 Å². The first-order chi connectivity index (χ1) is 7.17. The van der Waals surface area contributed by atoms with E-state index in [1.165, 1.54) is 18.4 Å². The number of hydrogen-bond donors (Lipinski definition) is 1. The molecule has 0 spiro atoms. The number of aryl methyl sites for hydroxylation is 1. The molecule has 0 amide bonds. The van der Waals surface area contributed by atoms with E-state index in [4.69, 9.17) is 0 Å². The second-order valence-corrected chi connectivity index (χ2v) is 4.71. The van der Waals surface area contributed by atoms with Gasteiger partial charge in [0.2, 0.25) is 0 Å². The van der Waals surface area contributed by atoms with Crippen LogP contribution in [-0.2, 0) is 0 Å². The lowest BCUT2D eigenvalue weighted by Gasteiger charge is -2.17. The van der Waals surface area contributed by atoms with Gasteiger partial charge in [-0.3, -0.25) is 0 Å². The summed E-state index contributed by atoms with van der Waals surface area (Å²) in [6.07, 6.45) is 5.41. The van der Waals surface area contributed by atoms with Crippen molar-refractivity contribution in [2.75, 3.05) is 5.32 Å². The minimum absolute atomic E-state index is 0.545. The molecule has 3 heteroatoms. The van der Waals surface area contributed by atoms with Crippen molar-refractivity contribution in [2.24, 2.45) is 0 Å². The minimum Gasteiger partial charge on any atom is -0.367 e. The van der Waals surface area contributed by atoms with Crippen molar-refractivity contribution in [3.05, 3.63) is 22.3 Å². The highest BCUT2D eigenvalue weighted by atomic mass is 79.9. The second-order valence-electron chi connectivity index (χ2n) is 3.86. The maximum atomic E-state index is 4.35. The van der Waals surface area contributed by atoms with Crippen molar-refractivity contribution in [3.63, 3.8) is 0 Å². The van der Waals surface area contributed by atoms with Crippen molar-refractivity contribution >= 4 is 21.7 Å². The summed E-state index contributed by atoms with van der Waals surface area (Å²) in [5, 5.41) is 3.47. The zero-order valence-electron chi connectivity index (χ0n) is 9.68. The van der Waals surface area contributed by atoms with Gasteiger partial charge in [-0.25, -0.2) is 4.98 Å². The lowest BCUT2D eigenvalue weighted by molar-refractivity contribution is 0.620. The lowest BCUT2D eigenvalue weighted by atomic mass is 10.1. The fourth-order valence-corrected chi connectivity index (χ4v) is 1.77. The van der Waals surface area contributed by atoms with Gasteiger partial charge in [-0.05, 0) is 47.3 Å². The smallest absolute Gasteiger partial charge is 0.126 e. The predicted molar refractivity (Wildman–Crippen MR) is 69.3 cm³/mol. The first kappa shape index (κ1) is 12.5. The van der Waals surface area contributed by atoms with Gasteiger partial charge >= 0.3 is 0 Å². The van der Waals surface area contributed by atoms with Crippen LogP contribution >= 0.6 is 15.9 Å². The third-order valence-electron chi connectivity index (χ3n) is 2.53. The standard InChI is InChI=1S/C12H19BrN2/c1-4-6-10(5-2)15-12-7-9(3)11(13)8-14-12/h7-8,10H,4-6H2,1-3H3,(H,14,15). The lowest BCUT2D eigenvalue weighted by Crippen LogP contribution is -2.18. The monoisotopic (exact) mass is 270 g/mol. The maximum Gasteiger partial charge on any atom is 0.126 e. The number of nitrogens with zero attached hydrogens (tertiary/aromatic N) is 1. The van der Waals surface area contributed by atoms with E-state index in [1.54, 1.807) is 0 Å². The van der Waals surface area contributed by atoms with Gasteiger partial charge < -0.3 is 5.32 Å². The summed E-state index contributed by atoms with van der Waals surface area (Å²) in [6, 6.07) is 2.63. The average molecular weight is 271 g/mol. The molecular formula is C12H19BrN2. The third-order valence-corrected chi connectivity index (χ3v) is 3.36.